The van der Waals surface area contributed by atoms with Crippen molar-refractivity contribution in [3.63, 3.8) is 0 Å². The van der Waals surface area contributed by atoms with Gasteiger partial charge in [0.25, 0.3) is 0 Å². The Labute approximate surface area is 156 Å². The first-order valence-corrected chi connectivity index (χ1v) is 8.18. The number of carbonyl (C=O) groups is 1. The van der Waals surface area contributed by atoms with Crippen molar-refractivity contribution in [2.75, 3.05) is 26.3 Å². The summed E-state index contributed by atoms with van der Waals surface area (Å²) in [5, 5.41) is 4.04. The SMILES string of the molecule is O=C(Oc1c(C(F)(F)F)cnn1-c1ccc(Cl)cc1Cl)N1CCOCC1. The van der Waals surface area contributed by atoms with Gasteiger partial charge in [0.15, 0.2) is 0 Å². The molecule has 1 aliphatic heterocycles. The van der Waals surface area contributed by atoms with Gasteiger partial charge in [0.2, 0.25) is 5.88 Å². The van der Waals surface area contributed by atoms with Gasteiger partial charge in [-0.15, -0.1) is 0 Å². The highest BCUT2D eigenvalue weighted by molar-refractivity contribution is 6.35. The summed E-state index contributed by atoms with van der Waals surface area (Å²) in [5.74, 6) is -0.766. The molecule has 0 N–H and O–H groups in total. The second-order valence-electron chi connectivity index (χ2n) is 5.34. The third-order valence-electron chi connectivity index (χ3n) is 3.62. The number of rotatable bonds is 2. The van der Waals surface area contributed by atoms with Gasteiger partial charge in [-0.3, -0.25) is 0 Å². The van der Waals surface area contributed by atoms with Gasteiger partial charge in [-0.05, 0) is 18.2 Å². The molecular formula is C15H12Cl2F3N3O3. The molecular weight excluding hydrogens is 398 g/mol. The number of nitrogens with zero attached hydrogens (tertiary/aromatic N) is 3. The number of hydrogen-bond acceptors (Lipinski definition) is 4. The molecule has 140 valence electrons. The number of aromatic nitrogens is 2. The minimum atomic E-state index is -4.77. The van der Waals surface area contributed by atoms with Gasteiger partial charge >= 0.3 is 12.3 Å². The third kappa shape index (κ3) is 3.89. The van der Waals surface area contributed by atoms with Crippen LogP contribution in [0.5, 0.6) is 5.88 Å². The summed E-state index contributed by atoms with van der Waals surface area (Å²) in [6.07, 6.45) is -5.12. The molecule has 1 saturated heterocycles. The fraction of sp³-hybridized carbons (Fsp3) is 0.333. The van der Waals surface area contributed by atoms with E-state index in [1.54, 1.807) is 0 Å². The average Bonchev–Trinajstić information content (AvgIpc) is 2.99. The van der Waals surface area contributed by atoms with Crippen molar-refractivity contribution >= 4 is 29.3 Å². The first kappa shape index (κ1) is 18.8. The van der Waals surface area contributed by atoms with E-state index < -0.39 is 23.7 Å². The van der Waals surface area contributed by atoms with Crippen LogP contribution in [0.2, 0.25) is 10.0 Å². The molecule has 1 aromatic heterocycles. The molecule has 0 spiro atoms. The van der Waals surface area contributed by atoms with Crippen molar-refractivity contribution in [2.24, 2.45) is 0 Å². The van der Waals surface area contributed by atoms with Crippen molar-refractivity contribution in [1.82, 2.24) is 14.7 Å². The van der Waals surface area contributed by atoms with Gasteiger partial charge in [-0.2, -0.15) is 23.0 Å². The van der Waals surface area contributed by atoms with Crippen molar-refractivity contribution in [1.29, 1.82) is 0 Å². The summed E-state index contributed by atoms with van der Waals surface area (Å²) in [6, 6.07) is 4.16. The van der Waals surface area contributed by atoms with Gasteiger partial charge in [-0.25, -0.2) is 4.79 Å². The number of benzene rings is 1. The first-order valence-electron chi connectivity index (χ1n) is 7.42. The molecule has 6 nitrogen and oxygen atoms in total. The second kappa shape index (κ2) is 7.34. The summed E-state index contributed by atoms with van der Waals surface area (Å²) < 4.78 is 50.9. The van der Waals surface area contributed by atoms with E-state index in [0.717, 1.165) is 4.68 Å². The normalized spacial score (nSPS) is 15.2. The molecule has 0 bridgehead atoms. The topological polar surface area (TPSA) is 56.6 Å². The quantitative estimate of drug-likeness (QED) is 0.751. The van der Waals surface area contributed by atoms with E-state index in [1.807, 2.05) is 0 Å². The van der Waals surface area contributed by atoms with Crippen LogP contribution in [-0.4, -0.2) is 47.1 Å². The van der Waals surface area contributed by atoms with Crippen molar-refractivity contribution < 1.29 is 27.4 Å². The molecule has 0 aliphatic carbocycles. The molecule has 3 rings (SSSR count). The molecule has 11 heteroatoms. The summed E-state index contributed by atoms with van der Waals surface area (Å²) in [6.45, 7) is 0.999. The molecule has 0 unspecified atom stereocenters. The summed E-state index contributed by atoms with van der Waals surface area (Å²) in [7, 11) is 0. The smallest absolute Gasteiger partial charge is 0.390 e. The summed E-state index contributed by atoms with van der Waals surface area (Å²) in [5.41, 5.74) is -1.10. The van der Waals surface area contributed by atoms with Gasteiger partial charge in [0.1, 0.15) is 5.56 Å². The van der Waals surface area contributed by atoms with Crippen LogP contribution in [0.25, 0.3) is 5.69 Å². The summed E-state index contributed by atoms with van der Waals surface area (Å²) >= 11 is 11.9. The Balaban J connectivity index is 2.00. The maximum atomic E-state index is 13.3. The van der Waals surface area contributed by atoms with Crippen LogP contribution in [0.1, 0.15) is 5.56 Å². The Morgan fingerprint density at radius 1 is 1.23 bits per heavy atom. The lowest BCUT2D eigenvalue weighted by atomic mass is 10.3. The number of ether oxygens (including phenoxy) is 2. The first-order chi connectivity index (χ1) is 12.3. The minimum Gasteiger partial charge on any atom is -0.390 e. The van der Waals surface area contributed by atoms with Crippen LogP contribution < -0.4 is 4.74 Å². The fourth-order valence-corrected chi connectivity index (χ4v) is 2.84. The highest BCUT2D eigenvalue weighted by atomic mass is 35.5. The van der Waals surface area contributed by atoms with Gasteiger partial charge in [-0.1, -0.05) is 23.2 Å². The Hall–Kier alpha value is -1.97. The molecule has 1 aromatic carbocycles. The second-order valence-corrected chi connectivity index (χ2v) is 6.18. The zero-order valence-electron chi connectivity index (χ0n) is 13.1. The zero-order valence-corrected chi connectivity index (χ0v) is 14.6. The van der Waals surface area contributed by atoms with Crippen LogP contribution >= 0.6 is 23.2 Å². The predicted octanol–water partition coefficient (Wildman–Crippen LogP) is 4.03. The zero-order chi connectivity index (χ0) is 18.9. The molecule has 0 atom stereocenters. The number of hydrogen-bond donors (Lipinski definition) is 0. The Kier molecular flexibility index (Phi) is 5.31. The number of carbonyl (C=O) groups excluding carboxylic acids is 1. The van der Waals surface area contributed by atoms with E-state index in [1.165, 1.54) is 23.1 Å². The maximum Gasteiger partial charge on any atom is 0.423 e. The molecule has 2 aromatic rings. The molecule has 2 heterocycles. The molecule has 1 amide bonds. The lowest BCUT2D eigenvalue weighted by Crippen LogP contribution is -2.42. The molecule has 0 radical (unpaired) electrons. The van der Waals surface area contributed by atoms with E-state index in [4.69, 9.17) is 32.7 Å². The summed E-state index contributed by atoms with van der Waals surface area (Å²) in [4.78, 5) is 13.5. The Morgan fingerprint density at radius 3 is 2.54 bits per heavy atom. The number of amides is 1. The minimum absolute atomic E-state index is 0.0537. The van der Waals surface area contributed by atoms with Gasteiger partial charge in [0, 0.05) is 18.1 Å². The standard InChI is InChI=1S/C15H12Cl2F3N3O3/c16-9-1-2-12(11(17)7-9)23-13(10(8-21-23)15(18,19)20)26-14(24)22-3-5-25-6-4-22/h1-2,7-8H,3-6H2. The predicted molar refractivity (Wildman–Crippen MR) is 87.0 cm³/mol. The van der Waals surface area contributed by atoms with Crippen LogP contribution in [0.3, 0.4) is 0 Å². The maximum absolute atomic E-state index is 13.3. The van der Waals surface area contributed by atoms with Crippen LogP contribution in [0, 0.1) is 0 Å². The lowest BCUT2D eigenvalue weighted by molar-refractivity contribution is -0.138. The van der Waals surface area contributed by atoms with Crippen LogP contribution in [0.4, 0.5) is 18.0 Å². The van der Waals surface area contributed by atoms with E-state index in [9.17, 15) is 18.0 Å². The Bertz CT molecular complexity index is 820. The molecule has 0 saturated carbocycles. The number of alkyl halides is 3. The van der Waals surface area contributed by atoms with Crippen molar-refractivity contribution in [3.8, 4) is 11.6 Å². The largest absolute Gasteiger partial charge is 0.423 e. The van der Waals surface area contributed by atoms with Crippen molar-refractivity contribution in [2.45, 2.75) is 6.18 Å². The van der Waals surface area contributed by atoms with E-state index in [-0.39, 0.29) is 37.0 Å². The van der Waals surface area contributed by atoms with Crippen molar-refractivity contribution in [3.05, 3.63) is 40.0 Å². The van der Waals surface area contributed by atoms with Gasteiger partial charge in [0.05, 0.1) is 30.1 Å². The highest BCUT2D eigenvalue weighted by Gasteiger charge is 2.39. The van der Waals surface area contributed by atoms with E-state index in [0.29, 0.717) is 11.2 Å². The van der Waals surface area contributed by atoms with E-state index >= 15 is 0 Å². The fourth-order valence-electron chi connectivity index (χ4n) is 2.35. The highest BCUT2D eigenvalue weighted by Crippen LogP contribution is 2.38. The number of halogens is 5. The third-order valence-corrected chi connectivity index (χ3v) is 4.16. The van der Waals surface area contributed by atoms with Gasteiger partial charge < -0.3 is 14.4 Å². The van der Waals surface area contributed by atoms with E-state index in [2.05, 4.69) is 5.10 Å². The lowest BCUT2D eigenvalue weighted by Gasteiger charge is -2.26. The molecule has 26 heavy (non-hydrogen) atoms. The van der Waals surface area contributed by atoms with Crippen LogP contribution in [0.15, 0.2) is 24.4 Å². The average molecular weight is 410 g/mol. The number of morpholine rings is 1. The Morgan fingerprint density at radius 2 is 1.92 bits per heavy atom. The molecule has 1 fully saturated rings. The monoisotopic (exact) mass is 409 g/mol. The molecule has 1 aliphatic rings. The van der Waals surface area contributed by atoms with Crippen LogP contribution in [-0.2, 0) is 10.9 Å².